The molecule has 1 fully saturated rings. The Morgan fingerprint density at radius 2 is 2.12 bits per heavy atom. The number of nitrogens with zero attached hydrogens (tertiary/aromatic N) is 4. The van der Waals surface area contributed by atoms with Crippen LogP contribution in [0.2, 0.25) is 0 Å². The average molecular weight is 400 g/mol. The van der Waals surface area contributed by atoms with E-state index in [9.17, 15) is 4.79 Å². The average Bonchev–Trinajstić information content (AvgIpc) is 3.10. The normalized spacial score (nSPS) is 17.5. The minimum atomic E-state index is -0.250. The van der Waals surface area contributed by atoms with Crippen molar-refractivity contribution in [2.24, 2.45) is 7.05 Å². The summed E-state index contributed by atoms with van der Waals surface area (Å²) >= 11 is 3.50. The van der Waals surface area contributed by atoms with Crippen molar-refractivity contribution in [1.82, 2.24) is 14.8 Å². The predicted molar refractivity (Wildman–Crippen MR) is 102 cm³/mol. The van der Waals surface area contributed by atoms with E-state index in [1.807, 2.05) is 44.3 Å². The molecule has 1 amide bonds. The number of aromatic nitrogens is 3. The Labute approximate surface area is 154 Å². The SMILES string of the molecule is Cc1cc(N2CCC(Nc3ccnc4ccc(Br)cc34)C2=O)n(C)n1. The number of hydrogen-bond acceptors (Lipinski definition) is 4. The maximum Gasteiger partial charge on any atom is 0.250 e. The lowest BCUT2D eigenvalue weighted by Crippen LogP contribution is -2.34. The number of nitrogens with one attached hydrogen (secondary N) is 1. The van der Waals surface area contributed by atoms with Gasteiger partial charge in [-0.05, 0) is 37.6 Å². The van der Waals surface area contributed by atoms with Crippen LogP contribution < -0.4 is 10.2 Å². The molecule has 7 heteroatoms. The third-order valence-electron chi connectivity index (χ3n) is 4.49. The summed E-state index contributed by atoms with van der Waals surface area (Å²) in [6, 6.07) is 9.56. The number of fused-ring (bicyclic) bond motifs is 1. The summed E-state index contributed by atoms with van der Waals surface area (Å²) in [6.45, 7) is 2.61. The fraction of sp³-hybridized carbons (Fsp3) is 0.278. The quantitative estimate of drug-likeness (QED) is 0.733. The van der Waals surface area contributed by atoms with E-state index < -0.39 is 0 Å². The summed E-state index contributed by atoms with van der Waals surface area (Å²) in [5.74, 6) is 0.914. The molecule has 3 heterocycles. The molecule has 4 rings (SSSR count). The van der Waals surface area contributed by atoms with Gasteiger partial charge in [-0.2, -0.15) is 5.10 Å². The van der Waals surface area contributed by atoms with Gasteiger partial charge in [0, 0.05) is 41.4 Å². The number of benzene rings is 1. The lowest BCUT2D eigenvalue weighted by atomic mass is 10.1. The first-order valence-electron chi connectivity index (χ1n) is 8.16. The van der Waals surface area contributed by atoms with Crippen LogP contribution in [0.15, 0.2) is 41.0 Å². The molecule has 1 unspecified atom stereocenters. The number of pyridine rings is 1. The zero-order chi connectivity index (χ0) is 17.6. The number of amides is 1. The number of rotatable bonds is 3. The summed E-state index contributed by atoms with van der Waals surface area (Å²) < 4.78 is 2.75. The molecule has 0 aliphatic carbocycles. The van der Waals surface area contributed by atoms with Crippen LogP contribution >= 0.6 is 15.9 Å². The van der Waals surface area contributed by atoms with Crippen LogP contribution in [-0.2, 0) is 11.8 Å². The van der Waals surface area contributed by atoms with Gasteiger partial charge >= 0.3 is 0 Å². The van der Waals surface area contributed by atoms with Crippen LogP contribution in [0.4, 0.5) is 11.5 Å². The monoisotopic (exact) mass is 399 g/mol. The molecule has 1 N–H and O–H groups in total. The molecule has 3 aromatic rings. The lowest BCUT2D eigenvalue weighted by Gasteiger charge is -2.18. The van der Waals surface area contributed by atoms with Gasteiger partial charge in [0.2, 0.25) is 0 Å². The largest absolute Gasteiger partial charge is 0.373 e. The molecule has 6 nitrogen and oxygen atoms in total. The second-order valence-electron chi connectivity index (χ2n) is 6.26. The van der Waals surface area contributed by atoms with E-state index >= 15 is 0 Å². The molecule has 1 aliphatic heterocycles. The van der Waals surface area contributed by atoms with E-state index in [-0.39, 0.29) is 11.9 Å². The van der Waals surface area contributed by atoms with Crippen LogP contribution in [0.5, 0.6) is 0 Å². The molecule has 0 radical (unpaired) electrons. The number of carbonyl (C=O) groups is 1. The lowest BCUT2D eigenvalue weighted by molar-refractivity contribution is -0.117. The molecule has 2 aromatic heterocycles. The highest BCUT2D eigenvalue weighted by atomic mass is 79.9. The third-order valence-corrected chi connectivity index (χ3v) is 4.99. The zero-order valence-corrected chi connectivity index (χ0v) is 15.6. The van der Waals surface area contributed by atoms with Gasteiger partial charge in [-0.15, -0.1) is 0 Å². The Balaban J connectivity index is 1.61. The van der Waals surface area contributed by atoms with Crippen molar-refractivity contribution in [3.8, 4) is 0 Å². The van der Waals surface area contributed by atoms with E-state index in [0.717, 1.165) is 39.0 Å². The Morgan fingerprint density at radius 1 is 1.28 bits per heavy atom. The highest BCUT2D eigenvalue weighted by Crippen LogP contribution is 2.28. The number of carbonyl (C=O) groups excluding carboxylic acids is 1. The van der Waals surface area contributed by atoms with Gasteiger partial charge in [-0.1, -0.05) is 15.9 Å². The van der Waals surface area contributed by atoms with E-state index in [1.54, 1.807) is 15.8 Å². The third kappa shape index (κ3) is 2.89. The first kappa shape index (κ1) is 16.1. The molecular formula is C18H18BrN5O. The highest BCUT2D eigenvalue weighted by molar-refractivity contribution is 9.10. The van der Waals surface area contributed by atoms with Gasteiger partial charge in [0.15, 0.2) is 0 Å². The van der Waals surface area contributed by atoms with Crippen molar-refractivity contribution < 1.29 is 4.79 Å². The van der Waals surface area contributed by atoms with Gasteiger partial charge in [0.1, 0.15) is 11.9 Å². The minimum absolute atomic E-state index is 0.0722. The van der Waals surface area contributed by atoms with E-state index in [1.165, 1.54) is 0 Å². The number of aryl methyl sites for hydroxylation is 2. The summed E-state index contributed by atoms with van der Waals surface area (Å²) in [6.07, 6.45) is 2.52. The van der Waals surface area contributed by atoms with Crippen molar-refractivity contribution in [3.63, 3.8) is 0 Å². The van der Waals surface area contributed by atoms with Crippen molar-refractivity contribution in [2.45, 2.75) is 19.4 Å². The number of anilines is 2. The summed E-state index contributed by atoms with van der Waals surface area (Å²) in [7, 11) is 1.87. The zero-order valence-electron chi connectivity index (χ0n) is 14.0. The standard InChI is InChI=1S/C18H18BrN5O/c1-11-9-17(23(2)22-11)24-8-6-16(18(24)25)21-15-5-7-20-14-4-3-12(19)10-13(14)15/h3-5,7,9-10,16H,6,8H2,1-2H3,(H,20,21). The Hall–Kier alpha value is -2.41. The van der Waals surface area contributed by atoms with Crippen LogP contribution in [0, 0.1) is 6.92 Å². The Morgan fingerprint density at radius 3 is 2.88 bits per heavy atom. The van der Waals surface area contributed by atoms with Crippen LogP contribution in [0.3, 0.4) is 0 Å². The second-order valence-corrected chi connectivity index (χ2v) is 7.18. The topological polar surface area (TPSA) is 63.1 Å². The van der Waals surface area contributed by atoms with Crippen molar-refractivity contribution in [1.29, 1.82) is 0 Å². The molecule has 1 aliphatic rings. The van der Waals surface area contributed by atoms with E-state index in [4.69, 9.17) is 0 Å². The Bertz CT molecular complexity index is 967. The molecule has 128 valence electrons. The predicted octanol–water partition coefficient (Wildman–Crippen LogP) is 3.26. The Kier molecular flexibility index (Phi) is 3.95. The molecule has 25 heavy (non-hydrogen) atoms. The van der Waals surface area contributed by atoms with Crippen LogP contribution in [0.25, 0.3) is 10.9 Å². The molecule has 1 saturated heterocycles. The van der Waals surface area contributed by atoms with E-state index in [0.29, 0.717) is 6.54 Å². The highest BCUT2D eigenvalue weighted by Gasteiger charge is 2.34. The van der Waals surface area contributed by atoms with Crippen LogP contribution in [-0.4, -0.2) is 33.3 Å². The van der Waals surface area contributed by atoms with Gasteiger partial charge in [-0.25, -0.2) is 0 Å². The van der Waals surface area contributed by atoms with Gasteiger partial charge in [0.05, 0.1) is 11.2 Å². The smallest absolute Gasteiger partial charge is 0.250 e. The van der Waals surface area contributed by atoms with Crippen molar-refractivity contribution in [3.05, 3.63) is 46.7 Å². The summed E-state index contributed by atoms with van der Waals surface area (Å²) in [5, 5.41) is 8.74. The second kappa shape index (κ2) is 6.15. The fourth-order valence-corrected chi connectivity index (χ4v) is 3.68. The number of halogens is 1. The fourth-order valence-electron chi connectivity index (χ4n) is 3.32. The van der Waals surface area contributed by atoms with Gasteiger partial charge in [-0.3, -0.25) is 19.4 Å². The molecule has 1 aromatic carbocycles. The molecule has 0 saturated carbocycles. The maximum absolute atomic E-state index is 12.9. The molecule has 0 spiro atoms. The van der Waals surface area contributed by atoms with E-state index in [2.05, 4.69) is 31.3 Å². The molecule has 0 bridgehead atoms. The summed E-state index contributed by atoms with van der Waals surface area (Å²) in [5.41, 5.74) is 2.73. The van der Waals surface area contributed by atoms with Crippen molar-refractivity contribution in [2.75, 3.05) is 16.8 Å². The van der Waals surface area contributed by atoms with Gasteiger partial charge in [0.25, 0.3) is 5.91 Å². The van der Waals surface area contributed by atoms with Crippen molar-refractivity contribution >= 4 is 44.2 Å². The summed E-state index contributed by atoms with van der Waals surface area (Å²) in [4.78, 5) is 19.1. The van der Waals surface area contributed by atoms with Gasteiger partial charge < -0.3 is 5.32 Å². The first-order chi connectivity index (χ1) is 12.0. The molecular weight excluding hydrogens is 382 g/mol. The van der Waals surface area contributed by atoms with Crippen LogP contribution in [0.1, 0.15) is 12.1 Å². The molecule has 1 atom stereocenters. The minimum Gasteiger partial charge on any atom is -0.373 e. The number of hydrogen-bond donors (Lipinski definition) is 1. The maximum atomic E-state index is 12.9. The first-order valence-corrected chi connectivity index (χ1v) is 8.95.